The van der Waals surface area contributed by atoms with Crippen LogP contribution in [0.4, 0.5) is 0 Å². The van der Waals surface area contributed by atoms with Gasteiger partial charge in [-0.05, 0) is 17.9 Å². The first kappa shape index (κ1) is 13.2. The smallest absolute Gasteiger partial charge is 0.237 e. The van der Waals surface area contributed by atoms with Crippen molar-refractivity contribution >= 4 is 5.91 Å². The number of amides is 1. The van der Waals surface area contributed by atoms with Gasteiger partial charge in [0.1, 0.15) is 0 Å². The normalized spacial score (nSPS) is 18.1. The average molecular weight is 226 g/mol. The lowest BCUT2D eigenvalue weighted by molar-refractivity contribution is -0.123. The fraction of sp³-hybridized carbons (Fsp3) is 0.750. The molecule has 0 spiro atoms. The van der Waals surface area contributed by atoms with Crippen LogP contribution in [0.15, 0.2) is 11.6 Å². The number of carbonyl (C=O) groups is 1. The highest BCUT2D eigenvalue weighted by atomic mass is 16.5. The molecule has 1 unspecified atom stereocenters. The molecule has 1 rings (SSSR count). The highest BCUT2D eigenvalue weighted by molar-refractivity contribution is 5.81. The van der Waals surface area contributed by atoms with Gasteiger partial charge in [-0.1, -0.05) is 19.9 Å². The first-order valence-corrected chi connectivity index (χ1v) is 5.85. The molecule has 1 amide bonds. The van der Waals surface area contributed by atoms with Gasteiger partial charge in [-0.2, -0.15) is 0 Å². The molecule has 92 valence electrons. The van der Waals surface area contributed by atoms with Gasteiger partial charge in [-0.3, -0.25) is 4.79 Å². The number of carbonyl (C=O) groups excluding carboxylic acids is 1. The van der Waals surface area contributed by atoms with Crippen molar-refractivity contribution in [2.75, 3.05) is 26.8 Å². The van der Waals surface area contributed by atoms with E-state index in [1.54, 1.807) is 7.05 Å². The monoisotopic (exact) mass is 226 g/mol. The van der Waals surface area contributed by atoms with Crippen molar-refractivity contribution in [1.82, 2.24) is 10.6 Å². The summed E-state index contributed by atoms with van der Waals surface area (Å²) in [7, 11) is 1.67. The zero-order valence-electron chi connectivity index (χ0n) is 10.4. The van der Waals surface area contributed by atoms with E-state index in [2.05, 4.69) is 16.7 Å². The fourth-order valence-electron chi connectivity index (χ4n) is 1.76. The molecule has 0 aliphatic carbocycles. The molecule has 1 aliphatic heterocycles. The van der Waals surface area contributed by atoms with Crippen molar-refractivity contribution in [3.05, 3.63) is 11.6 Å². The molecule has 16 heavy (non-hydrogen) atoms. The minimum absolute atomic E-state index is 0.0485. The van der Waals surface area contributed by atoms with Crippen LogP contribution in [0.2, 0.25) is 0 Å². The van der Waals surface area contributed by atoms with Crippen LogP contribution in [0.5, 0.6) is 0 Å². The Morgan fingerprint density at radius 2 is 2.31 bits per heavy atom. The highest BCUT2D eigenvalue weighted by Gasteiger charge is 2.20. The number of ether oxygens (including phenoxy) is 1. The van der Waals surface area contributed by atoms with Crippen LogP contribution in [0.3, 0.4) is 0 Å². The van der Waals surface area contributed by atoms with Gasteiger partial charge in [0.25, 0.3) is 0 Å². The number of likely N-dealkylation sites (N-methyl/N-ethyl adjacent to an activating group) is 1. The van der Waals surface area contributed by atoms with E-state index in [4.69, 9.17) is 4.74 Å². The third kappa shape index (κ3) is 3.94. The second-order valence-corrected chi connectivity index (χ2v) is 4.42. The molecule has 2 N–H and O–H groups in total. The standard InChI is InChI=1S/C12H22N2O2/c1-9(2)11(12(15)13-3)14-7-10-5-4-6-16-8-10/h5,9,11,14H,4,6-8H2,1-3H3,(H,13,15). The second kappa shape index (κ2) is 6.66. The summed E-state index contributed by atoms with van der Waals surface area (Å²) in [6.45, 7) is 6.31. The van der Waals surface area contributed by atoms with E-state index in [1.807, 2.05) is 13.8 Å². The fourth-order valence-corrected chi connectivity index (χ4v) is 1.76. The third-order valence-corrected chi connectivity index (χ3v) is 2.73. The predicted octanol–water partition coefficient (Wildman–Crippen LogP) is 0.693. The maximum atomic E-state index is 11.6. The molecule has 0 fully saturated rings. The van der Waals surface area contributed by atoms with Gasteiger partial charge in [-0.15, -0.1) is 0 Å². The van der Waals surface area contributed by atoms with Crippen molar-refractivity contribution in [3.63, 3.8) is 0 Å². The summed E-state index contributed by atoms with van der Waals surface area (Å²) in [5.74, 6) is 0.331. The van der Waals surface area contributed by atoms with E-state index in [0.29, 0.717) is 6.61 Å². The van der Waals surface area contributed by atoms with E-state index in [0.717, 1.165) is 19.6 Å². The molecule has 0 aromatic rings. The van der Waals surface area contributed by atoms with Gasteiger partial charge in [0, 0.05) is 13.6 Å². The first-order valence-electron chi connectivity index (χ1n) is 5.85. The summed E-state index contributed by atoms with van der Waals surface area (Å²) >= 11 is 0. The van der Waals surface area contributed by atoms with Crippen molar-refractivity contribution in [1.29, 1.82) is 0 Å². The molecular formula is C12H22N2O2. The SMILES string of the molecule is CNC(=O)C(NCC1=CCCOC1)C(C)C. The molecule has 4 nitrogen and oxygen atoms in total. The Morgan fingerprint density at radius 3 is 2.81 bits per heavy atom. The Hall–Kier alpha value is -0.870. The van der Waals surface area contributed by atoms with Crippen LogP contribution in [-0.2, 0) is 9.53 Å². The lowest BCUT2D eigenvalue weighted by atomic mass is 10.0. The zero-order chi connectivity index (χ0) is 12.0. The van der Waals surface area contributed by atoms with E-state index in [1.165, 1.54) is 5.57 Å². The second-order valence-electron chi connectivity index (χ2n) is 4.42. The predicted molar refractivity (Wildman–Crippen MR) is 64.2 cm³/mol. The van der Waals surface area contributed by atoms with Gasteiger partial charge in [0.05, 0.1) is 19.3 Å². The maximum absolute atomic E-state index is 11.6. The minimum Gasteiger partial charge on any atom is -0.377 e. The van der Waals surface area contributed by atoms with Gasteiger partial charge < -0.3 is 15.4 Å². The van der Waals surface area contributed by atoms with Crippen molar-refractivity contribution < 1.29 is 9.53 Å². The van der Waals surface area contributed by atoms with Crippen LogP contribution in [0.25, 0.3) is 0 Å². The lowest BCUT2D eigenvalue weighted by Crippen LogP contribution is -2.47. The van der Waals surface area contributed by atoms with Gasteiger partial charge in [-0.25, -0.2) is 0 Å². The van der Waals surface area contributed by atoms with E-state index >= 15 is 0 Å². The van der Waals surface area contributed by atoms with E-state index in [9.17, 15) is 4.79 Å². The van der Waals surface area contributed by atoms with Crippen LogP contribution in [-0.4, -0.2) is 38.8 Å². The van der Waals surface area contributed by atoms with Gasteiger partial charge >= 0.3 is 0 Å². The molecule has 0 bridgehead atoms. The zero-order valence-corrected chi connectivity index (χ0v) is 10.4. The molecule has 1 atom stereocenters. The van der Waals surface area contributed by atoms with E-state index < -0.39 is 0 Å². The first-order chi connectivity index (χ1) is 7.65. The van der Waals surface area contributed by atoms with Crippen molar-refractivity contribution in [2.24, 2.45) is 5.92 Å². The van der Waals surface area contributed by atoms with Crippen LogP contribution in [0, 0.1) is 5.92 Å². The lowest BCUT2D eigenvalue weighted by Gasteiger charge is -2.22. The summed E-state index contributed by atoms with van der Waals surface area (Å²) in [5.41, 5.74) is 1.24. The summed E-state index contributed by atoms with van der Waals surface area (Å²) < 4.78 is 5.35. The Balaban J connectivity index is 2.43. The minimum atomic E-state index is -0.132. The quantitative estimate of drug-likeness (QED) is 0.678. The van der Waals surface area contributed by atoms with Crippen LogP contribution >= 0.6 is 0 Å². The highest BCUT2D eigenvalue weighted by Crippen LogP contribution is 2.07. The third-order valence-electron chi connectivity index (χ3n) is 2.73. The Morgan fingerprint density at radius 1 is 1.56 bits per heavy atom. The molecule has 1 aliphatic rings. The number of nitrogens with one attached hydrogen (secondary N) is 2. The Labute approximate surface area is 97.4 Å². The van der Waals surface area contributed by atoms with Crippen molar-refractivity contribution in [2.45, 2.75) is 26.3 Å². The van der Waals surface area contributed by atoms with Crippen molar-refractivity contribution in [3.8, 4) is 0 Å². The summed E-state index contributed by atoms with van der Waals surface area (Å²) in [5, 5.41) is 5.96. The topological polar surface area (TPSA) is 50.4 Å². The average Bonchev–Trinajstić information content (AvgIpc) is 2.30. The summed E-state index contributed by atoms with van der Waals surface area (Å²) in [4.78, 5) is 11.6. The number of hydrogen-bond donors (Lipinski definition) is 2. The molecule has 0 saturated heterocycles. The summed E-state index contributed by atoms with van der Waals surface area (Å²) in [6.07, 6.45) is 3.17. The number of hydrogen-bond acceptors (Lipinski definition) is 3. The Bertz CT molecular complexity index is 262. The summed E-state index contributed by atoms with van der Waals surface area (Å²) in [6, 6.07) is -0.132. The molecule has 0 aromatic heterocycles. The molecule has 1 heterocycles. The molecule has 0 saturated carbocycles. The van der Waals surface area contributed by atoms with Crippen LogP contribution in [0.1, 0.15) is 20.3 Å². The van der Waals surface area contributed by atoms with E-state index in [-0.39, 0.29) is 17.9 Å². The van der Waals surface area contributed by atoms with Gasteiger partial charge in [0.15, 0.2) is 0 Å². The van der Waals surface area contributed by atoms with Gasteiger partial charge in [0.2, 0.25) is 5.91 Å². The van der Waals surface area contributed by atoms with Crippen LogP contribution < -0.4 is 10.6 Å². The maximum Gasteiger partial charge on any atom is 0.237 e. The number of rotatable bonds is 5. The molecular weight excluding hydrogens is 204 g/mol. The molecule has 0 radical (unpaired) electrons. The Kier molecular flexibility index (Phi) is 5.49. The molecule has 0 aromatic carbocycles. The molecule has 4 heteroatoms. The largest absolute Gasteiger partial charge is 0.377 e.